The molecule has 0 bridgehead atoms. The summed E-state index contributed by atoms with van der Waals surface area (Å²) in [6.07, 6.45) is 5.53. The minimum atomic E-state index is 0.407. The van der Waals surface area contributed by atoms with Gasteiger partial charge in [-0.3, -0.25) is 0 Å². The van der Waals surface area contributed by atoms with Gasteiger partial charge in [-0.05, 0) is 72.1 Å². The lowest BCUT2D eigenvalue weighted by Crippen LogP contribution is -1.99. The van der Waals surface area contributed by atoms with E-state index >= 15 is 0 Å². The molecule has 0 amide bonds. The summed E-state index contributed by atoms with van der Waals surface area (Å²) < 4.78 is 0. The number of aromatic hydroxyl groups is 2. The summed E-state index contributed by atoms with van der Waals surface area (Å²) >= 11 is 0. The predicted octanol–water partition coefficient (Wildman–Crippen LogP) is 5.46. The van der Waals surface area contributed by atoms with Crippen molar-refractivity contribution in [3.8, 4) is 11.5 Å². The second kappa shape index (κ2) is 8.23. The molecular weight excluding hydrogens is 296 g/mol. The fourth-order valence-electron chi connectivity index (χ4n) is 3.33. The fourth-order valence-corrected chi connectivity index (χ4v) is 3.33. The molecule has 0 aromatic heterocycles. The number of hydrogen-bond donors (Lipinski definition) is 2. The lowest BCUT2D eigenvalue weighted by molar-refractivity contribution is 0.461. The van der Waals surface area contributed by atoms with Crippen LogP contribution in [-0.2, 0) is 25.7 Å². The Morgan fingerprint density at radius 3 is 2.00 bits per heavy atom. The number of benzene rings is 2. The lowest BCUT2D eigenvalue weighted by Gasteiger charge is -2.14. The average Bonchev–Trinajstić information content (AvgIpc) is 2.55. The summed E-state index contributed by atoms with van der Waals surface area (Å²) in [6.45, 7) is 8.40. The van der Waals surface area contributed by atoms with Crippen LogP contribution in [0.5, 0.6) is 11.5 Å². The molecule has 0 saturated carbocycles. The maximum absolute atomic E-state index is 10.4. The molecule has 0 spiro atoms. The van der Waals surface area contributed by atoms with Gasteiger partial charge in [0, 0.05) is 0 Å². The molecule has 2 nitrogen and oxygen atoms in total. The van der Waals surface area contributed by atoms with Crippen molar-refractivity contribution in [3.63, 3.8) is 0 Å². The van der Waals surface area contributed by atoms with Crippen LogP contribution < -0.4 is 0 Å². The smallest absolute Gasteiger partial charge is 0.121 e. The first-order valence-electron chi connectivity index (χ1n) is 9.15. The Hall–Kier alpha value is -1.96. The summed E-state index contributed by atoms with van der Waals surface area (Å²) in [5.74, 6) is 0.877. The standard InChI is InChI=1S/C22H30O2/c1-5-8-18-14-20(15(4)10-21(18)23)13-16-11-17(7-3)22(24)19(12-16)9-6-2/h10-12,14,23-24H,5-9,13H2,1-4H3. The van der Waals surface area contributed by atoms with Crippen molar-refractivity contribution in [3.05, 3.63) is 57.6 Å². The predicted molar refractivity (Wildman–Crippen MR) is 101 cm³/mol. The van der Waals surface area contributed by atoms with E-state index in [2.05, 4.69) is 45.9 Å². The Kier molecular flexibility index (Phi) is 6.30. The maximum Gasteiger partial charge on any atom is 0.121 e. The van der Waals surface area contributed by atoms with Crippen molar-refractivity contribution in [2.75, 3.05) is 0 Å². The third-order valence-corrected chi connectivity index (χ3v) is 4.68. The first-order valence-corrected chi connectivity index (χ1v) is 9.15. The molecule has 0 radical (unpaired) electrons. The maximum atomic E-state index is 10.4. The summed E-state index contributed by atoms with van der Waals surface area (Å²) in [5.41, 5.74) is 6.73. The second-order valence-corrected chi connectivity index (χ2v) is 6.70. The molecule has 2 rings (SSSR count). The molecule has 0 aliphatic carbocycles. The minimum absolute atomic E-state index is 0.407. The topological polar surface area (TPSA) is 40.5 Å². The summed E-state index contributed by atoms with van der Waals surface area (Å²) in [5, 5.41) is 20.5. The van der Waals surface area contributed by atoms with E-state index in [0.29, 0.717) is 11.5 Å². The average molecular weight is 326 g/mol. The minimum Gasteiger partial charge on any atom is -0.508 e. The molecule has 2 aromatic carbocycles. The summed E-state index contributed by atoms with van der Waals surface area (Å²) in [7, 11) is 0. The SMILES string of the molecule is CCCc1cc(Cc2cc(CC)c(O)c(CCC)c2)c(C)cc1O. The molecule has 0 heterocycles. The molecule has 130 valence electrons. The van der Waals surface area contributed by atoms with Gasteiger partial charge in [0.2, 0.25) is 0 Å². The zero-order valence-electron chi connectivity index (χ0n) is 15.4. The Balaban J connectivity index is 2.40. The van der Waals surface area contributed by atoms with Gasteiger partial charge in [-0.15, -0.1) is 0 Å². The van der Waals surface area contributed by atoms with Crippen LogP contribution >= 0.6 is 0 Å². The molecule has 0 unspecified atom stereocenters. The van der Waals surface area contributed by atoms with Crippen LogP contribution in [0.2, 0.25) is 0 Å². The quantitative estimate of drug-likeness (QED) is 0.709. The van der Waals surface area contributed by atoms with Crippen LogP contribution in [0.4, 0.5) is 0 Å². The molecule has 2 N–H and O–H groups in total. The van der Waals surface area contributed by atoms with Gasteiger partial charge in [0.15, 0.2) is 0 Å². The molecule has 0 saturated heterocycles. The molecule has 2 aromatic rings. The van der Waals surface area contributed by atoms with E-state index in [0.717, 1.165) is 60.8 Å². The summed E-state index contributed by atoms with van der Waals surface area (Å²) in [4.78, 5) is 0. The largest absolute Gasteiger partial charge is 0.508 e. The molecule has 0 atom stereocenters. The van der Waals surface area contributed by atoms with Crippen LogP contribution in [0, 0.1) is 6.92 Å². The van der Waals surface area contributed by atoms with Crippen molar-refractivity contribution in [1.29, 1.82) is 0 Å². The lowest BCUT2D eigenvalue weighted by atomic mass is 9.92. The third kappa shape index (κ3) is 4.11. The van der Waals surface area contributed by atoms with Crippen molar-refractivity contribution in [2.45, 2.75) is 66.2 Å². The van der Waals surface area contributed by atoms with Crippen molar-refractivity contribution in [2.24, 2.45) is 0 Å². The fraction of sp³-hybridized carbons (Fsp3) is 0.455. The van der Waals surface area contributed by atoms with Gasteiger partial charge in [-0.2, -0.15) is 0 Å². The van der Waals surface area contributed by atoms with Gasteiger partial charge in [0.1, 0.15) is 11.5 Å². The number of rotatable bonds is 7. The molecular formula is C22H30O2. The first kappa shape index (κ1) is 18.4. The normalized spacial score (nSPS) is 11.0. The van der Waals surface area contributed by atoms with Gasteiger partial charge in [-0.1, -0.05) is 51.8 Å². The van der Waals surface area contributed by atoms with Crippen LogP contribution in [0.1, 0.15) is 67.0 Å². The Labute approximate surface area is 146 Å². The van der Waals surface area contributed by atoms with Gasteiger partial charge in [0.25, 0.3) is 0 Å². The van der Waals surface area contributed by atoms with E-state index in [1.54, 1.807) is 0 Å². The second-order valence-electron chi connectivity index (χ2n) is 6.70. The third-order valence-electron chi connectivity index (χ3n) is 4.68. The number of hydrogen-bond acceptors (Lipinski definition) is 2. The Morgan fingerprint density at radius 2 is 1.38 bits per heavy atom. The van der Waals surface area contributed by atoms with E-state index in [1.165, 1.54) is 11.1 Å². The zero-order valence-corrected chi connectivity index (χ0v) is 15.4. The van der Waals surface area contributed by atoms with Crippen LogP contribution in [-0.4, -0.2) is 10.2 Å². The van der Waals surface area contributed by atoms with Gasteiger partial charge in [-0.25, -0.2) is 0 Å². The van der Waals surface area contributed by atoms with E-state index < -0.39 is 0 Å². The molecule has 0 fully saturated rings. The van der Waals surface area contributed by atoms with Gasteiger partial charge < -0.3 is 10.2 Å². The molecule has 0 aliphatic rings. The highest BCUT2D eigenvalue weighted by atomic mass is 16.3. The highest BCUT2D eigenvalue weighted by Crippen LogP contribution is 2.30. The van der Waals surface area contributed by atoms with Gasteiger partial charge in [0.05, 0.1) is 0 Å². The Bertz CT molecular complexity index is 702. The summed E-state index contributed by atoms with van der Waals surface area (Å²) in [6, 6.07) is 8.30. The zero-order chi connectivity index (χ0) is 17.7. The van der Waals surface area contributed by atoms with Crippen LogP contribution in [0.25, 0.3) is 0 Å². The van der Waals surface area contributed by atoms with E-state index in [-0.39, 0.29) is 0 Å². The van der Waals surface area contributed by atoms with E-state index in [9.17, 15) is 10.2 Å². The molecule has 24 heavy (non-hydrogen) atoms. The highest BCUT2D eigenvalue weighted by Gasteiger charge is 2.11. The van der Waals surface area contributed by atoms with E-state index in [4.69, 9.17) is 0 Å². The Morgan fingerprint density at radius 1 is 0.750 bits per heavy atom. The van der Waals surface area contributed by atoms with Crippen LogP contribution in [0.15, 0.2) is 24.3 Å². The molecule has 2 heteroatoms. The highest BCUT2D eigenvalue weighted by molar-refractivity contribution is 5.48. The monoisotopic (exact) mass is 326 g/mol. The number of phenolic OH excluding ortho intramolecular Hbond substituents is 2. The number of phenols is 2. The van der Waals surface area contributed by atoms with Crippen molar-refractivity contribution in [1.82, 2.24) is 0 Å². The van der Waals surface area contributed by atoms with Gasteiger partial charge >= 0.3 is 0 Å². The van der Waals surface area contributed by atoms with Crippen molar-refractivity contribution < 1.29 is 10.2 Å². The first-order chi connectivity index (χ1) is 11.5. The number of aryl methyl sites for hydroxylation is 4. The van der Waals surface area contributed by atoms with Crippen molar-refractivity contribution >= 4 is 0 Å². The van der Waals surface area contributed by atoms with E-state index in [1.807, 2.05) is 6.07 Å². The van der Waals surface area contributed by atoms with Crippen LogP contribution in [0.3, 0.4) is 0 Å². The molecule has 0 aliphatic heterocycles.